The molecule has 2 aromatic rings. The maximum Gasteiger partial charge on any atom is 0.193 e. The molecule has 2 aromatic heterocycles. The number of thiazole rings is 1. The van der Waals surface area contributed by atoms with E-state index in [0.717, 1.165) is 58.1 Å². The summed E-state index contributed by atoms with van der Waals surface area (Å²) in [4.78, 5) is 16.7. The second kappa shape index (κ2) is 11.2. The summed E-state index contributed by atoms with van der Waals surface area (Å²) in [5, 5.41) is 6.87. The minimum atomic E-state index is 0. The fourth-order valence-electron chi connectivity index (χ4n) is 2.98. The summed E-state index contributed by atoms with van der Waals surface area (Å²) in [6.07, 6.45) is 4.03. The van der Waals surface area contributed by atoms with Gasteiger partial charge < -0.3 is 10.2 Å². The number of piperazine rings is 1. The smallest absolute Gasteiger partial charge is 0.193 e. The topological polar surface area (TPSA) is 43.8 Å². The minimum Gasteiger partial charge on any atom is -0.356 e. The molecule has 0 unspecified atom stereocenters. The van der Waals surface area contributed by atoms with Crippen molar-refractivity contribution in [3.63, 3.8) is 0 Å². The van der Waals surface area contributed by atoms with Crippen molar-refractivity contribution >= 4 is 52.6 Å². The van der Waals surface area contributed by atoms with Gasteiger partial charge in [0.2, 0.25) is 0 Å². The molecule has 0 aliphatic carbocycles. The molecular formula is C18H28IN5S2. The van der Waals surface area contributed by atoms with E-state index in [9.17, 15) is 0 Å². The molecule has 1 saturated heterocycles. The zero-order valence-electron chi connectivity index (χ0n) is 15.5. The third kappa shape index (κ3) is 6.17. The van der Waals surface area contributed by atoms with Crippen LogP contribution in [0.4, 0.5) is 0 Å². The van der Waals surface area contributed by atoms with Crippen LogP contribution in [0.15, 0.2) is 28.7 Å². The number of guanidine groups is 1. The molecule has 0 aromatic carbocycles. The Bertz CT molecular complexity index is 663. The van der Waals surface area contributed by atoms with E-state index >= 15 is 0 Å². The van der Waals surface area contributed by atoms with Gasteiger partial charge in [0.1, 0.15) is 0 Å². The van der Waals surface area contributed by atoms with Gasteiger partial charge >= 0.3 is 0 Å². The fraction of sp³-hybridized carbons (Fsp3) is 0.556. The molecule has 26 heavy (non-hydrogen) atoms. The van der Waals surface area contributed by atoms with Gasteiger partial charge in [-0.3, -0.25) is 9.89 Å². The quantitative estimate of drug-likeness (QED) is 0.372. The van der Waals surface area contributed by atoms with Gasteiger partial charge in [0.15, 0.2) is 5.96 Å². The Morgan fingerprint density at radius 1 is 1.27 bits per heavy atom. The molecule has 5 nitrogen and oxygen atoms in total. The van der Waals surface area contributed by atoms with Crippen molar-refractivity contribution in [2.24, 2.45) is 4.99 Å². The first-order chi connectivity index (χ1) is 12.3. The Morgan fingerprint density at radius 3 is 2.69 bits per heavy atom. The number of rotatable bonds is 6. The summed E-state index contributed by atoms with van der Waals surface area (Å²) >= 11 is 3.66. The van der Waals surface area contributed by atoms with E-state index in [1.165, 1.54) is 14.8 Å². The van der Waals surface area contributed by atoms with Gasteiger partial charge in [0, 0.05) is 68.7 Å². The summed E-state index contributed by atoms with van der Waals surface area (Å²) in [7, 11) is 1.87. The minimum absolute atomic E-state index is 0. The molecule has 1 aliphatic heterocycles. The van der Waals surface area contributed by atoms with Crippen molar-refractivity contribution < 1.29 is 0 Å². The molecule has 0 amide bonds. The Morgan fingerprint density at radius 2 is 2.08 bits per heavy atom. The normalized spacial score (nSPS) is 15.8. The number of nitrogens with zero attached hydrogens (tertiary/aromatic N) is 4. The van der Waals surface area contributed by atoms with Crippen LogP contribution in [0.25, 0.3) is 0 Å². The lowest BCUT2D eigenvalue weighted by atomic mass is 10.3. The summed E-state index contributed by atoms with van der Waals surface area (Å²) in [6.45, 7) is 8.37. The molecule has 8 heteroatoms. The van der Waals surface area contributed by atoms with Crippen LogP contribution >= 0.6 is 46.7 Å². The highest BCUT2D eigenvalue weighted by molar-refractivity contribution is 14.0. The number of nitrogens with one attached hydrogen (secondary N) is 1. The van der Waals surface area contributed by atoms with Crippen molar-refractivity contribution in [2.45, 2.75) is 26.3 Å². The number of halogens is 1. The molecule has 0 radical (unpaired) electrons. The summed E-state index contributed by atoms with van der Waals surface area (Å²) < 4.78 is 0. The molecule has 0 atom stereocenters. The number of thiophene rings is 1. The van der Waals surface area contributed by atoms with Crippen LogP contribution in [-0.4, -0.2) is 60.5 Å². The molecule has 3 rings (SSSR count). The van der Waals surface area contributed by atoms with Gasteiger partial charge in [-0.05, 0) is 17.9 Å². The van der Waals surface area contributed by atoms with Gasteiger partial charge in [-0.25, -0.2) is 4.98 Å². The Kier molecular flexibility index (Phi) is 9.30. The van der Waals surface area contributed by atoms with Gasteiger partial charge in [0.25, 0.3) is 0 Å². The van der Waals surface area contributed by atoms with E-state index in [1.807, 2.05) is 35.9 Å². The third-order valence-corrected chi connectivity index (χ3v) is 6.48. The Balaban J connectivity index is 0.00000243. The molecule has 1 N–H and O–H groups in total. The molecule has 1 aliphatic rings. The molecule has 1 fully saturated rings. The number of aromatic nitrogens is 1. The van der Waals surface area contributed by atoms with Crippen LogP contribution in [0.5, 0.6) is 0 Å². The van der Waals surface area contributed by atoms with Gasteiger partial charge in [-0.1, -0.05) is 13.0 Å². The highest BCUT2D eigenvalue weighted by atomic mass is 127. The highest BCUT2D eigenvalue weighted by Crippen LogP contribution is 2.14. The number of aryl methyl sites for hydroxylation is 1. The first-order valence-electron chi connectivity index (χ1n) is 8.92. The summed E-state index contributed by atoms with van der Waals surface area (Å²) in [5.74, 6) is 1.02. The van der Waals surface area contributed by atoms with E-state index in [0.29, 0.717) is 0 Å². The van der Waals surface area contributed by atoms with Crippen molar-refractivity contribution in [3.8, 4) is 0 Å². The average Bonchev–Trinajstić information content (AvgIpc) is 3.31. The van der Waals surface area contributed by atoms with Crippen LogP contribution < -0.4 is 5.32 Å². The zero-order valence-corrected chi connectivity index (χ0v) is 19.4. The third-order valence-electron chi connectivity index (χ3n) is 4.42. The second-order valence-electron chi connectivity index (χ2n) is 6.14. The van der Waals surface area contributed by atoms with Crippen LogP contribution in [0, 0.1) is 0 Å². The molecule has 0 saturated carbocycles. The van der Waals surface area contributed by atoms with Crippen LogP contribution in [0.1, 0.15) is 21.7 Å². The molecular weight excluding hydrogens is 477 g/mol. The highest BCUT2D eigenvalue weighted by Gasteiger charge is 2.19. The van der Waals surface area contributed by atoms with E-state index in [-0.39, 0.29) is 24.0 Å². The Hall–Kier alpha value is -0.710. The zero-order chi connectivity index (χ0) is 17.5. The summed E-state index contributed by atoms with van der Waals surface area (Å²) in [5.41, 5.74) is 0. The SMILES string of the molecule is CCc1cnc(CCNC(=NC)N2CCN(Cc3cccs3)CC2)s1.I. The van der Waals surface area contributed by atoms with Crippen LogP contribution in [-0.2, 0) is 19.4 Å². The molecule has 0 bridgehead atoms. The monoisotopic (exact) mass is 505 g/mol. The van der Waals surface area contributed by atoms with Crippen molar-refractivity contribution in [3.05, 3.63) is 38.5 Å². The molecule has 0 spiro atoms. The lowest BCUT2D eigenvalue weighted by molar-refractivity contribution is 0.174. The van der Waals surface area contributed by atoms with Crippen LogP contribution in [0.2, 0.25) is 0 Å². The van der Waals surface area contributed by atoms with Crippen LogP contribution in [0.3, 0.4) is 0 Å². The molecule has 3 heterocycles. The predicted molar refractivity (Wildman–Crippen MR) is 123 cm³/mol. The van der Waals surface area contributed by atoms with Gasteiger partial charge in [-0.15, -0.1) is 46.7 Å². The number of hydrogen-bond acceptors (Lipinski definition) is 5. The first kappa shape index (κ1) is 21.6. The van der Waals surface area contributed by atoms with E-state index in [2.05, 4.69) is 49.5 Å². The predicted octanol–water partition coefficient (Wildman–Crippen LogP) is 3.32. The Labute approximate surface area is 181 Å². The lowest BCUT2D eigenvalue weighted by Gasteiger charge is -2.36. The first-order valence-corrected chi connectivity index (χ1v) is 10.6. The van der Waals surface area contributed by atoms with Gasteiger partial charge in [-0.2, -0.15) is 0 Å². The van der Waals surface area contributed by atoms with Crippen molar-refractivity contribution in [2.75, 3.05) is 39.8 Å². The standard InChI is InChI=1S/C18H27N5S2.HI/c1-3-15-13-21-17(25-15)6-7-20-18(19-2)23-10-8-22(9-11-23)14-16-5-4-12-24-16;/h4-5,12-13H,3,6-11,14H2,1-2H3,(H,19,20);1H. The molecule has 144 valence electrons. The lowest BCUT2D eigenvalue weighted by Crippen LogP contribution is -2.52. The number of hydrogen-bond donors (Lipinski definition) is 1. The maximum absolute atomic E-state index is 4.49. The van der Waals surface area contributed by atoms with E-state index < -0.39 is 0 Å². The summed E-state index contributed by atoms with van der Waals surface area (Å²) in [6, 6.07) is 4.36. The van der Waals surface area contributed by atoms with Crippen molar-refractivity contribution in [1.82, 2.24) is 20.1 Å². The largest absolute Gasteiger partial charge is 0.356 e. The second-order valence-corrected chi connectivity index (χ2v) is 8.37. The number of aliphatic imine (C=N–C) groups is 1. The van der Waals surface area contributed by atoms with E-state index in [4.69, 9.17) is 0 Å². The van der Waals surface area contributed by atoms with E-state index in [1.54, 1.807) is 0 Å². The van der Waals surface area contributed by atoms with Gasteiger partial charge in [0.05, 0.1) is 5.01 Å². The maximum atomic E-state index is 4.49. The fourth-order valence-corrected chi connectivity index (χ4v) is 4.59. The average molecular weight is 505 g/mol. The van der Waals surface area contributed by atoms with Crippen molar-refractivity contribution in [1.29, 1.82) is 0 Å².